The van der Waals surface area contributed by atoms with Crippen LogP contribution in [0.15, 0.2) is 35.2 Å². The molecule has 2 aromatic rings. The summed E-state index contributed by atoms with van der Waals surface area (Å²) in [4.78, 5) is -0.0302. The number of sulfonamides is 1. The van der Waals surface area contributed by atoms with Gasteiger partial charge in [-0.05, 0) is 43.2 Å². The van der Waals surface area contributed by atoms with Gasteiger partial charge in [-0.1, -0.05) is 35.3 Å². The molecule has 0 heterocycles. The van der Waals surface area contributed by atoms with Gasteiger partial charge in [-0.2, -0.15) is 0 Å². The molecule has 0 spiro atoms. The zero-order chi connectivity index (χ0) is 15.8. The molecule has 0 fully saturated rings. The van der Waals surface area contributed by atoms with Gasteiger partial charge in [-0.3, -0.25) is 4.72 Å². The molecule has 21 heavy (non-hydrogen) atoms. The molecule has 2 aromatic carbocycles. The third-order valence-electron chi connectivity index (χ3n) is 3.06. The van der Waals surface area contributed by atoms with E-state index in [0.717, 1.165) is 0 Å². The number of nitrogens with one attached hydrogen (secondary N) is 1. The summed E-state index contributed by atoms with van der Waals surface area (Å²) in [5.74, 6) is 0. The van der Waals surface area contributed by atoms with Gasteiger partial charge in [0.05, 0.1) is 16.4 Å². The first-order valence-corrected chi connectivity index (χ1v) is 8.30. The van der Waals surface area contributed by atoms with E-state index in [1.54, 1.807) is 44.2 Å². The number of aryl methyl sites for hydroxylation is 1. The number of benzene rings is 2. The number of hydrogen-bond acceptors (Lipinski definition) is 3. The molecule has 0 aliphatic rings. The first-order chi connectivity index (χ1) is 9.74. The normalized spacial score (nSPS) is 11.4. The summed E-state index contributed by atoms with van der Waals surface area (Å²) in [5, 5.41) is 0.497. The lowest BCUT2D eigenvalue weighted by Gasteiger charge is -2.15. The third kappa shape index (κ3) is 3.10. The Balaban J connectivity index is 2.58. The molecular weight excluding hydrogens is 331 g/mol. The van der Waals surface area contributed by atoms with Gasteiger partial charge in [-0.25, -0.2) is 8.42 Å². The molecule has 0 aliphatic heterocycles. The van der Waals surface area contributed by atoms with Gasteiger partial charge in [0.1, 0.15) is 4.90 Å². The largest absolute Gasteiger partial charge is 0.397 e. The number of halogens is 2. The molecule has 4 nitrogen and oxygen atoms in total. The van der Waals surface area contributed by atoms with Crippen molar-refractivity contribution in [3.8, 4) is 0 Å². The maximum absolute atomic E-state index is 12.6. The minimum Gasteiger partial charge on any atom is -0.397 e. The first-order valence-electron chi connectivity index (χ1n) is 6.06. The average molecular weight is 345 g/mol. The lowest BCUT2D eigenvalue weighted by molar-refractivity contribution is 0.600. The highest BCUT2D eigenvalue weighted by atomic mass is 35.5. The number of nitrogen functional groups attached to an aromatic ring is 1. The number of para-hydroxylation sites is 2. The van der Waals surface area contributed by atoms with Crippen molar-refractivity contribution in [2.75, 3.05) is 10.5 Å². The van der Waals surface area contributed by atoms with Crippen LogP contribution in [0.2, 0.25) is 10.0 Å². The Morgan fingerprint density at radius 1 is 1.14 bits per heavy atom. The Bertz CT molecular complexity index is 779. The Kier molecular flexibility index (Phi) is 4.37. The van der Waals surface area contributed by atoms with Gasteiger partial charge in [0.25, 0.3) is 10.0 Å². The SMILES string of the molecule is Cc1cc(Cl)c(C)c(S(=O)(=O)Nc2ccccc2N)c1Cl. The summed E-state index contributed by atoms with van der Waals surface area (Å²) < 4.78 is 27.6. The van der Waals surface area contributed by atoms with E-state index >= 15 is 0 Å². The van der Waals surface area contributed by atoms with Crippen LogP contribution >= 0.6 is 23.2 Å². The predicted octanol–water partition coefficient (Wildman–Crippen LogP) is 3.99. The van der Waals surface area contributed by atoms with E-state index in [0.29, 0.717) is 27.5 Å². The summed E-state index contributed by atoms with van der Waals surface area (Å²) in [5.41, 5.74) is 7.37. The van der Waals surface area contributed by atoms with E-state index in [1.807, 2.05) is 0 Å². The number of nitrogens with two attached hydrogens (primary N) is 1. The molecule has 112 valence electrons. The second-order valence-corrected chi connectivity index (χ2v) is 7.04. The molecular formula is C14H14Cl2N2O2S. The highest BCUT2D eigenvalue weighted by Gasteiger charge is 2.24. The molecule has 0 amide bonds. The van der Waals surface area contributed by atoms with Crippen LogP contribution in [0.1, 0.15) is 11.1 Å². The smallest absolute Gasteiger partial charge is 0.263 e. The number of rotatable bonds is 3. The molecule has 3 N–H and O–H groups in total. The molecule has 0 radical (unpaired) electrons. The van der Waals surface area contributed by atoms with Crippen LogP contribution in [0.4, 0.5) is 11.4 Å². The number of anilines is 2. The third-order valence-corrected chi connectivity index (χ3v) is 5.59. The van der Waals surface area contributed by atoms with Gasteiger partial charge in [0.15, 0.2) is 0 Å². The van der Waals surface area contributed by atoms with Gasteiger partial charge in [0, 0.05) is 5.02 Å². The first kappa shape index (κ1) is 15.9. The van der Waals surface area contributed by atoms with Crippen molar-refractivity contribution in [3.05, 3.63) is 51.5 Å². The molecule has 0 bridgehead atoms. The average Bonchev–Trinajstić information content (AvgIpc) is 2.39. The summed E-state index contributed by atoms with van der Waals surface area (Å²) >= 11 is 12.2. The minimum atomic E-state index is -3.89. The van der Waals surface area contributed by atoms with Gasteiger partial charge < -0.3 is 5.73 Å². The van der Waals surface area contributed by atoms with Crippen molar-refractivity contribution in [3.63, 3.8) is 0 Å². The molecule has 2 rings (SSSR count). The lowest BCUT2D eigenvalue weighted by Crippen LogP contribution is -2.16. The molecule has 0 unspecified atom stereocenters. The monoisotopic (exact) mass is 344 g/mol. The van der Waals surface area contributed by atoms with Crippen LogP contribution in [0, 0.1) is 13.8 Å². The van der Waals surface area contributed by atoms with Crippen LogP contribution in [0.3, 0.4) is 0 Å². The second-order valence-electron chi connectivity index (χ2n) is 4.64. The van der Waals surface area contributed by atoms with E-state index in [-0.39, 0.29) is 9.92 Å². The van der Waals surface area contributed by atoms with Crippen LogP contribution in [0.25, 0.3) is 0 Å². The fraction of sp³-hybridized carbons (Fsp3) is 0.143. The highest BCUT2D eigenvalue weighted by Crippen LogP contribution is 2.34. The fourth-order valence-electron chi connectivity index (χ4n) is 1.92. The summed E-state index contributed by atoms with van der Waals surface area (Å²) in [6.45, 7) is 3.31. The minimum absolute atomic E-state index is 0.0302. The van der Waals surface area contributed by atoms with Crippen molar-refractivity contribution in [1.29, 1.82) is 0 Å². The Morgan fingerprint density at radius 3 is 2.38 bits per heavy atom. The van der Waals surface area contributed by atoms with Crippen LogP contribution in [-0.4, -0.2) is 8.42 Å². The van der Waals surface area contributed by atoms with Crippen molar-refractivity contribution in [2.45, 2.75) is 18.7 Å². The molecule has 0 saturated heterocycles. The molecule has 0 saturated carbocycles. The van der Waals surface area contributed by atoms with Crippen molar-refractivity contribution in [1.82, 2.24) is 0 Å². The maximum Gasteiger partial charge on any atom is 0.263 e. The summed E-state index contributed by atoms with van der Waals surface area (Å²) in [7, 11) is -3.89. The number of hydrogen-bond donors (Lipinski definition) is 2. The van der Waals surface area contributed by atoms with E-state index in [1.165, 1.54) is 0 Å². The Morgan fingerprint density at radius 2 is 1.76 bits per heavy atom. The summed E-state index contributed by atoms with van der Waals surface area (Å²) in [6, 6.07) is 8.22. The second kappa shape index (κ2) is 5.75. The Hall–Kier alpha value is -1.43. The van der Waals surface area contributed by atoms with Crippen molar-refractivity contribution < 1.29 is 8.42 Å². The van der Waals surface area contributed by atoms with Gasteiger partial charge >= 0.3 is 0 Å². The van der Waals surface area contributed by atoms with E-state index in [4.69, 9.17) is 28.9 Å². The standard InChI is InChI=1S/C14H14Cl2N2O2S/c1-8-7-10(15)9(2)14(13(8)16)21(19,20)18-12-6-4-3-5-11(12)17/h3-7,18H,17H2,1-2H3. The Labute approximate surface area is 133 Å². The zero-order valence-electron chi connectivity index (χ0n) is 11.4. The predicted molar refractivity (Wildman–Crippen MR) is 87.6 cm³/mol. The van der Waals surface area contributed by atoms with Crippen LogP contribution in [0.5, 0.6) is 0 Å². The van der Waals surface area contributed by atoms with Gasteiger partial charge in [0.2, 0.25) is 0 Å². The van der Waals surface area contributed by atoms with E-state index in [2.05, 4.69) is 4.72 Å². The molecule has 0 aromatic heterocycles. The van der Waals surface area contributed by atoms with E-state index in [9.17, 15) is 8.42 Å². The maximum atomic E-state index is 12.6. The van der Waals surface area contributed by atoms with E-state index < -0.39 is 10.0 Å². The van der Waals surface area contributed by atoms with Crippen LogP contribution < -0.4 is 10.5 Å². The highest BCUT2D eigenvalue weighted by molar-refractivity contribution is 7.93. The van der Waals surface area contributed by atoms with Gasteiger partial charge in [-0.15, -0.1) is 0 Å². The van der Waals surface area contributed by atoms with Crippen LogP contribution in [-0.2, 0) is 10.0 Å². The lowest BCUT2D eigenvalue weighted by atomic mass is 10.2. The molecule has 0 atom stereocenters. The molecule has 0 aliphatic carbocycles. The fourth-order valence-corrected chi connectivity index (χ4v) is 4.22. The van der Waals surface area contributed by atoms with Crippen molar-refractivity contribution in [2.24, 2.45) is 0 Å². The zero-order valence-corrected chi connectivity index (χ0v) is 13.8. The van der Waals surface area contributed by atoms with Crippen molar-refractivity contribution >= 4 is 44.6 Å². The topological polar surface area (TPSA) is 72.2 Å². The molecule has 7 heteroatoms. The summed E-state index contributed by atoms with van der Waals surface area (Å²) in [6.07, 6.45) is 0. The quantitative estimate of drug-likeness (QED) is 0.826.